The normalized spacial score (nSPS) is 9.08. The zero-order valence-electron chi connectivity index (χ0n) is 6.52. The third kappa shape index (κ3) is 1.87. The summed E-state index contributed by atoms with van der Waals surface area (Å²) in [6, 6.07) is 3.18. The molecule has 1 aromatic heterocycles. The minimum absolute atomic E-state index is 0.137. The van der Waals surface area contributed by atoms with E-state index in [1.165, 1.54) is 6.92 Å². The van der Waals surface area contributed by atoms with Crippen LogP contribution in [0.4, 0.5) is 0 Å². The molecule has 0 aromatic carbocycles. The van der Waals surface area contributed by atoms with Crippen molar-refractivity contribution in [2.75, 3.05) is 0 Å². The third-order valence-electron chi connectivity index (χ3n) is 1.30. The molecule has 0 unspecified atom stereocenters. The van der Waals surface area contributed by atoms with Crippen molar-refractivity contribution in [2.45, 2.75) is 13.5 Å². The molecular weight excluding hydrogens is 158 g/mol. The fourth-order valence-corrected chi connectivity index (χ4v) is 0.753. The molecule has 0 aliphatic heterocycles. The number of azide groups is 1. The van der Waals surface area contributed by atoms with Gasteiger partial charge in [0.2, 0.25) is 0 Å². The molecule has 0 radical (unpaired) electrons. The Kier molecular flexibility index (Phi) is 2.50. The predicted octanol–water partition coefficient (Wildman–Crippen LogP) is 2.29. The van der Waals surface area contributed by atoms with Crippen molar-refractivity contribution in [3.8, 4) is 0 Å². The molecule has 62 valence electrons. The number of carbonyl (C=O) groups is 1. The lowest BCUT2D eigenvalue weighted by molar-refractivity contribution is 0.0985. The van der Waals surface area contributed by atoms with Gasteiger partial charge in [0, 0.05) is 11.8 Å². The van der Waals surface area contributed by atoms with Gasteiger partial charge in [0.25, 0.3) is 0 Å². The number of hydrogen-bond acceptors (Lipinski definition) is 3. The topological polar surface area (TPSA) is 79.0 Å². The summed E-state index contributed by atoms with van der Waals surface area (Å²) in [5, 5.41) is 3.29. The van der Waals surface area contributed by atoms with Crippen LogP contribution in [-0.4, -0.2) is 5.78 Å². The van der Waals surface area contributed by atoms with Gasteiger partial charge >= 0.3 is 0 Å². The van der Waals surface area contributed by atoms with Crippen LogP contribution in [0, 0.1) is 0 Å². The van der Waals surface area contributed by atoms with E-state index in [9.17, 15) is 4.79 Å². The Morgan fingerprint density at radius 1 is 1.75 bits per heavy atom. The van der Waals surface area contributed by atoms with Crippen LogP contribution < -0.4 is 0 Å². The van der Waals surface area contributed by atoms with Crippen LogP contribution in [0.3, 0.4) is 0 Å². The van der Waals surface area contributed by atoms with Crippen molar-refractivity contribution in [1.82, 2.24) is 0 Å². The first-order valence-electron chi connectivity index (χ1n) is 3.34. The van der Waals surface area contributed by atoms with Gasteiger partial charge in [-0.15, -0.1) is 0 Å². The van der Waals surface area contributed by atoms with Crippen LogP contribution in [0.1, 0.15) is 23.2 Å². The SMILES string of the molecule is CC(=O)c1ccc(CN=[N+]=[N-])o1. The molecule has 0 fully saturated rings. The van der Waals surface area contributed by atoms with E-state index in [2.05, 4.69) is 10.0 Å². The van der Waals surface area contributed by atoms with Gasteiger partial charge in [-0.05, 0) is 17.7 Å². The molecule has 5 nitrogen and oxygen atoms in total. The minimum Gasteiger partial charge on any atom is -0.458 e. The van der Waals surface area contributed by atoms with Gasteiger partial charge in [0.05, 0.1) is 6.54 Å². The maximum absolute atomic E-state index is 10.7. The molecule has 0 bridgehead atoms. The Bertz CT molecular complexity index is 336. The molecule has 0 saturated heterocycles. The molecule has 0 amide bonds. The van der Waals surface area contributed by atoms with E-state index in [0.29, 0.717) is 5.76 Å². The highest BCUT2D eigenvalue weighted by molar-refractivity contribution is 5.91. The number of nitrogens with zero attached hydrogens (tertiary/aromatic N) is 3. The Balaban J connectivity index is 2.77. The van der Waals surface area contributed by atoms with Crippen molar-refractivity contribution >= 4 is 5.78 Å². The second-order valence-electron chi connectivity index (χ2n) is 2.21. The second-order valence-corrected chi connectivity index (χ2v) is 2.21. The van der Waals surface area contributed by atoms with Gasteiger partial charge in [-0.1, -0.05) is 5.11 Å². The third-order valence-corrected chi connectivity index (χ3v) is 1.30. The lowest BCUT2D eigenvalue weighted by atomic mass is 10.3. The molecule has 0 N–H and O–H groups in total. The number of rotatable bonds is 3. The molecule has 0 aliphatic carbocycles. The lowest BCUT2D eigenvalue weighted by Crippen LogP contribution is -1.86. The highest BCUT2D eigenvalue weighted by atomic mass is 16.3. The summed E-state index contributed by atoms with van der Waals surface area (Å²) in [5.41, 5.74) is 7.99. The zero-order valence-corrected chi connectivity index (χ0v) is 6.52. The largest absolute Gasteiger partial charge is 0.458 e. The lowest BCUT2D eigenvalue weighted by Gasteiger charge is -1.86. The molecule has 0 saturated carbocycles. The summed E-state index contributed by atoms with van der Waals surface area (Å²) >= 11 is 0. The summed E-state index contributed by atoms with van der Waals surface area (Å²) in [6.45, 7) is 1.56. The van der Waals surface area contributed by atoms with Crippen molar-refractivity contribution in [3.63, 3.8) is 0 Å². The monoisotopic (exact) mass is 165 g/mol. The average molecular weight is 165 g/mol. The van der Waals surface area contributed by atoms with Crippen LogP contribution in [0.15, 0.2) is 21.7 Å². The minimum atomic E-state index is -0.137. The van der Waals surface area contributed by atoms with E-state index >= 15 is 0 Å². The van der Waals surface area contributed by atoms with E-state index in [0.717, 1.165) is 0 Å². The first-order chi connectivity index (χ1) is 5.74. The summed E-state index contributed by atoms with van der Waals surface area (Å²) in [7, 11) is 0. The van der Waals surface area contributed by atoms with Crippen molar-refractivity contribution in [3.05, 3.63) is 34.1 Å². The molecule has 1 heterocycles. The van der Waals surface area contributed by atoms with Gasteiger partial charge < -0.3 is 4.42 Å². The van der Waals surface area contributed by atoms with Crippen LogP contribution in [0.5, 0.6) is 0 Å². The van der Waals surface area contributed by atoms with Gasteiger partial charge in [-0.2, -0.15) is 0 Å². The van der Waals surface area contributed by atoms with E-state index in [-0.39, 0.29) is 18.1 Å². The quantitative estimate of drug-likeness (QED) is 0.298. The van der Waals surface area contributed by atoms with Crippen molar-refractivity contribution in [2.24, 2.45) is 5.11 Å². The van der Waals surface area contributed by atoms with Gasteiger partial charge in [-0.25, -0.2) is 0 Å². The fraction of sp³-hybridized carbons (Fsp3) is 0.286. The van der Waals surface area contributed by atoms with E-state index in [1.54, 1.807) is 12.1 Å². The summed E-state index contributed by atoms with van der Waals surface area (Å²) in [4.78, 5) is 13.3. The molecule has 1 rings (SSSR count). The maximum Gasteiger partial charge on any atom is 0.194 e. The number of furan rings is 1. The second kappa shape index (κ2) is 3.59. The fourth-order valence-electron chi connectivity index (χ4n) is 0.753. The van der Waals surface area contributed by atoms with Gasteiger partial charge in [-0.3, -0.25) is 4.79 Å². The van der Waals surface area contributed by atoms with E-state index in [1.807, 2.05) is 0 Å². The number of ketones is 1. The van der Waals surface area contributed by atoms with Crippen LogP contribution in [0.2, 0.25) is 0 Å². The van der Waals surface area contributed by atoms with Gasteiger partial charge in [0.1, 0.15) is 5.76 Å². The number of Topliss-reactive ketones (excluding diaryl/α,β-unsaturated/α-hetero) is 1. The molecule has 5 heteroatoms. The van der Waals surface area contributed by atoms with Crippen molar-refractivity contribution < 1.29 is 9.21 Å². The number of hydrogen-bond donors (Lipinski definition) is 0. The smallest absolute Gasteiger partial charge is 0.194 e. The Morgan fingerprint density at radius 3 is 3.00 bits per heavy atom. The van der Waals surface area contributed by atoms with Crippen LogP contribution >= 0.6 is 0 Å². The van der Waals surface area contributed by atoms with E-state index in [4.69, 9.17) is 9.95 Å². The molecule has 0 aliphatic rings. The summed E-state index contributed by atoms with van der Waals surface area (Å²) in [5.74, 6) is 0.651. The molecule has 0 atom stereocenters. The highest BCUT2D eigenvalue weighted by Gasteiger charge is 2.04. The van der Waals surface area contributed by atoms with Crippen LogP contribution in [-0.2, 0) is 6.54 Å². The standard InChI is InChI=1S/C7H7N3O2/c1-5(11)7-3-2-6(12-7)4-9-10-8/h2-3H,4H2,1H3. The predicted molar refractivity (Wildman–Crippen MR) is 41.6 cm³/mol. The molecule has 1 aromatic rings. The number of carbonyl (C=O) groups excluding carboxylic acids is 1. The Hall–Kier alpha value is -1.74. The summed E-state index contributed by atoms with van der Waals surface area (Å²) < 4.78 is 5.03. The molecule has 0 spiro atoms. The van der Waals surface area contributed by atoms with Gasteiger partial charge in [0.15, 0.2) is 11.5 Å². The zero-order chi connectivity index (χ0) is 8.97. The first kappa shape index (κ1) is 8.36. The maximum atomic E-state index is 10.7. The highest BCUT2D eigenvalue weighted by Crippen LogP contribution is 2.09. The van der Waals surface area contributed by atoms with Crippen LogP contribution in [0.25, 0.3) is 10.4 Å². The van der Waals surface area contributed by atoms with Crippen molar-refractivity contribution in [1.29, 1.82) is 0 Å². The summed E-state index contributed by atoms with van der Waals surface area (Å²) in [6.07, 6.45) is 0. The Morgan fingerprint density at radius 2 is 2.50 bits per heavy atom. The van der Waals surface area contributed by atoms with E-state index < -0.39 is 0 Å². The Labute approximate surface area is 68.6 Å². The molecule has 12 heavy (non-hydrogen) atoms. The molecular formula is C7H7N3O2. The average Bonchev–Trinajstić information content (AvgIpc) is 2.48. The first-order valence-corrected chi connectivity index (χ1v) is 3.34.